The highest BCUT2D eigenvalue weighted by Gasteiger charge is 2.24. The second-order valence-electron chi connectivity index (χ2n) is 5.56. The van der Waals surface area contributed by atoms with Crippen molar-refractivity contribution in [3.8, 4) is 0 Å². The standard InChI is InChI=1S/C14H32NO.C2H5NO2.HI/c1-4-7-10-15(13-14-16,11-8-5-2)12-9-6-3;1-3-2(4)5;/h16H,4-14H2,1-3H3;3H,1H3,(H,4,5);1H/q+1;;/p-1. The van der Waals surface area contributed by atoms with Crippen molar-refractivity contribution in [3.05, 3.63) is 0 Å². The Morgan fingerprint density at radius 1 is 0.955 bits per heavy atom. The summed E-state index contributed by atoms with van der Waals surface area (Å²) >= 11 is 0. The maximum absolute atomic E-state index is 9.28. The summed E-state index contributed by atoms with van der Waals surface area (Å²) in [4.78, 5) is 9.15. The lowest BCUT2D eigenvalue weighted by atomic mass is 10.1. The lowest BCUT2D eigenvalue weighted by Gasteiger charge is -2.38. The fourth-order valence-corrected chi connectivity index (χ4v) is 2.36. The molecule has 0 spiro atoms. The minimum absolute atomic E-state index is 0. The van der Waals surface area contributed by atoms with Crippen LogP contribution in [0.4, 0.5) is 4.79 Å². The van der Waals surface area contributed by atoms with Crippen LogP contribution < -0.4 is 10.4 Å². The number of carbonyl (C=O) groups excluding carboxylic acids is 1. The Hall–Kier alpha value is -0.0800. The minimum atomic E-state index is -1.25. The number of amides is 1. The molecule has 0 aromatic rings. The van der Waals surface area contributed by atoms with Crippen LogP contribution in [0.25, 0.3) is 0 Å². The van der Waals surface area contributed by atoms with E-state index in [1.807, 2.05) is 5.32 Å². The molecule has 0 radical (unpaired) electrons. The molecule has 0 saturated carbocycles. The molecule has 0 heterocycles. The lowest BCUT2D eigenvalue weighted by molar-refractivity contribution is -0.929. The molecule has 0 rings (SSSR count). The number of halogens is 1. The summed E-state index contributed by atoms with van der Waals surface area (Å²) in [5.74, 6) is 0. The van der Waals surface area contributed by atoms with Gasteiger partial charge in [-0.3, -0.25) is 0 Å². The third-order valence-corrected chi connectivity index (χ3v) is 3.74. The average Bonchev–Trinajstić information content (AvgIpc) is 2.49. The Morgan fingerprint density at radius 2 is 1.27 bits per heavy atom. The number of rotatable bonds is 11. The van der Waals surface area contributed by atoms with E-state index in [4.69, 9.17) is 9.90 Å². The number of unbranched alkanes of at least 4 members (excludes halogenated alkanes) is 3. The van der Waals surface area contributed by atoms with Crippen molar-refractivity contribution in [2.45, 2.75) is 59.3 Å². The number of carboxylic acid groups (broad SMARTS) is 1. The van der Waals surface area contributed by atoms with Gasteiger partial charge in [0, 0.05) is 7.05 Å². The third-order valence-electron chi connectivity index (χ3n) is 3.74. The van der Waals surface area contributed by atoms with E-state index in [1.165, 1.54) is 65.2 Å². The summed E-state index contributed by atoms with van der Waals surface area (Å²) in [6.45, 7) is 11.9. The summed E-state index contributed by atoms with van der Waals surface area (Å²) < 4.78 is 1.16. The smallest absolute Gasteiger partial charge is 0.133 e. The van der Waals surface area contributed by atoms with Crippen LogP contribution in [0.2, 0.25) is 0 Å². The first-order valence-corrected chi connectivity index (χ1v) is 8.36. The molecule has 2 N–H and O–H groups in total. The van der Waals surface area contributed by atoms with Gasteiger partial charge in [0.25, 0.3) is 0 Å². The summed E-state index contributed by atoms with van der Waals surface area (Å²) in [6, 6.07) is 0. The number of quaternary nitrogens is 1. The lowest BCUT2D eigenvalue weighted by Crippen LogP contribution is -2.51. The van der Waals surface area contributed by atoms with Crippen molar-refractivity contribution in [3.63, 3.8) is 0 Å². The third kappa shape index (κ3) is 16.3. The molecule has 0 aliphatic heterocycles. The normalized spacial score (nSPS) is 10.2. The van der Waals surface area contributed by atoms with Gasteiger partial charge >= 0.3 is 0 Å². The maximum atomic E-state index is 9.28. The predicted octanol–water partition coefficient (Wildman–Crippen LogP) is 2.36. The molecule has 1 amide bonds. The van der Waals surface area contributed by atoms with Crippen molar-refractivity contribution in [1.82, 2.24) is 5.32 Å². The fourth-order valence-electron chi connectivity index (χ4n) is 2.36. The van der Waals surface area contributed by atoms with Crippen LogP contribution in [0.1, 0.15) is 59.3 Å². The van der Waals surface area contributed by atoms with Crippen LogP contribution in [0.15, 0.2) is 0 Å². The Bertz CT molecular complexity index is 220. The van der Waals surface area contributed by atoms with Gasteiger partial charge in [0.05, 0.1) is 26.2 Å². The van der Waals surface area contributed by atoms with Gasteiger partial charge in [0.2, 0.25) is 0 Å². The second kappa shape index (κ2) is 19.0. The van der Waals surface area contributed by atoms with Crippen molar-refractivity contribution in [1.29, 1.82) is 0 Å². The van der Waals surface area contributed by atoms with Gasteiger partial charge in [-0.1, -0.05) is 40.0 Å². The molecule has 0 fully saturated rings. The highest BCUT2D eigenvalue weighted by Crippen LogP contribution is 2.14. The Kier molecular flexibility index (Phi) is 23.1. The predicted molar refractivity (Wildman–Crippen MR) is 101 cm³/mol. The molecule has 6 heteroatoms. The first kappa shape index (κ1) is 26.8. The molecule has 0 bridgehead atoms. The molecule has 0 saturated heterocycles. The molecular weight excluding hydrogens is 395 g/mol. The second-order valence-corrected chi connectivity index (χ2v) is 5.56. The van der Waals surface area contributed by atoms with Crippen molar-refractivity contribution < 1.29 is 19.5 Å². The van der Waals surface area contributed by atoms with Crippen molar-refractivity contribution in [2.75, 3.05) is 39.8 Å². The largest absolute Gasteiger partial charge is 0.530 e. The van der Waals surface area contributed by atoms with Crippen LogP contribution in [0.3, 0.4) is 0 Å². The fraction of sp³-hybridized carbons (Fsp3) is 0.938. The van der Waals surface area contributed by atoms with Gasteiger partial charge in [0.15, 0.2) is 0 Å². The summed E-state index contributed by atoms with van der Waals surface area (Å²) in [5.41, 5.74) is 0. The number of nitrogens with one attached hydrogen (secondary N) is 1. The van der Waals surface area contributed by atoms with E-state index in [0.717, 1.165) is 11.0 Å². The van der Waals surface area contributed by atoms with Crippen LogP contribution in [0.5, 0.6) is 0 Å². The molecule has 136 valence electrons. The highest BCUT2D eigenvalue weighted by atomic mass is 127. The van der Waals surface area contributed by atoms with E-state index in [2.05, 4.69) is 20.8 Å². The minimum Gasteiger partial charge on any atom is -0.530 e. The Labute approximate surface area is 154 Å². The molecule has 0 aliphatic carbocycles. The van der Waals surface area contributed by atoms with E-state index in [1.54, 1.807) is 0 Å². The molecule has 0 unspecified atom stereocenters. The van der Waals surface area contributed by atoms with E-state index in [0.29, 0.717) is 6.61 Å². The van der Waals surface area contributed by atoms with E-state index in [9.17, 15) is 5.11 Å². The SMILES string of the molecule is CCCC[N+](CCO)(CCCC)CCCC.CNC(=O)[O-].I. The zero-order chi connectivity index (χ0) is 16.6. The first-order chi connectivity index (χ1) is 10.0. The van der Waals surface area contributed by atoms with Crippen LogP contribution in [-0.2, 0) is 0 Å². The first-order valence-electron chi connectivity index (χ1n) is 8.36. The van der Waals surface area contributed by atoms with Gasteiger partial charge in [-0.25, -0.2) is 0 Å². The number of hydrogen-bond donors (Lipinski definition) is 2. The zero-order valence-electron chi connectivity index (χ0n) is 14.9. The monoisotopic (exact) mass is 432 g/mol. The van der Waals surface area contributed by atoms with E-state index in [-0.39, 0.29) is 24.0 Å². The molecule has 22 heavy (non-hydrogen) atoms. The zero-order valence-corrected chi connectivity index (χ0v) is 17.2. The molecule has 5 nitrogen and oxygen atoms in total. The quantitative estimate of drug-likeness (QED) is 0.389. The van der Waals surface area contributed by atoms with Crippen LogP contribution in [-0.4, -0.2) is 55.5 Å². The summed E-state index contributed by atoms with van der Waals surface area (Å²) in [7, 11) is 1.29. The Balaban J connectivity index is -0.000000520. The van der Waals surface area contributed by atoms with Gasteiger partial charge in [-0.2, -0.15) is 0 Å². The Morgan fingerprint density at radius 3 is 1.45 bits per heavy atom. The molecule has 0 atom stereocenters. The number of hydrogen-bond acceptors (Lipinski definition) is 3. The number of aliphatic hydroxyl groups excluding tert-OH is 1. The van der Waals surface area contributed by atoms with Gasteiger partial charge in [0.1, 0.15) is 12.6 Å². The summed E-state index contributed by atoms with van der Waals surface area (Å²) in [5, 5.41) is 20.3. The van der Waals surface area contributed by atoms with Crippen LogP contribution in [0, 0.1) is 0 Å². The van der Waals surface area contributed by atoms with Crippen molar-refractivity contribution in [2.24, 2.45) is 0 Å². The number of aliphatic hydroxyl groups is 1. The number of nitrogens with zero attached hydrogens (tertiary/aromatic N) is 1. The molecule has 0 aromatic heterocycles. The van der Waals surface area contributed by atoms with Gasteiger partial charge < -0.3 is 24.8 Å². The van der Waals surface area contributed by atoms with E-state index < -0.39 is 6.09 Å². The topological polar surface area (TPSA) is 72.4 Å². The van der Waals surface area contributed by atoms with Gasteiger partial charge in [-0.05, 0) is 19.3 Å². The molecule has 0 aromatic carbocycles. The molecule has 0 aliphatic rings. The maximum Gasteiger partial charge on any atom is 0.133 e. The highest BCUT2D eigenvalue weighted by molar-refractivity contribution is 14.0. The van der Waals surface area contributed by atoms with Gasteiger partial charge in [-0.15, -0.1) is 24.0 Å². The molecular formula is C16H37IN2O3. The number of carbonyl (C=O) groups is 1. The average molecular weight is 432 g/mol. The van der Waals surface area contributed by atoms with Crippen LogP contribution >= 0.6 is 24.0 Å². The van der Waals surface area contributed by atoms with Crippen molar-refractivity contribution >= 4 is 30.1 Å². The summed E-state index contributed by atoms with van der Waals surface area (Å²) in [6.07, 6.45) is 6.45. The van der Waals surface area contributed by atoms with E-state index >= 15 is 0 Å².